The summed E-state index contributed by atoms with van der Waals surface area (Å²) in [6.07, 6.45) is 7.21. The van der Waals surface area contributed by atoms with Crippen LogP contribution in [0.2, 0.25) is 0 Å². The molecule has 0 radical (unpaired) electrons. The second-order valence-electron chi connectivity index (χ2n) is 8.39. The first-order valence-corrected chi connectivity index (χ1v) is 10.9. The maximum Gasteiger partial charge on any atom is 0.243 e. The summed E-state index contributed by atoms with van der Waals surface area (Å²) < 4.78 is 0. The van der Waals surface area contributed by atoms with Crippen LogP contribution in [0.4, 0.5) is 0 Å². The van der Waals surface area contributed by atoms with Crippen LogP contribution in [0.3, 0.4) is 0 Å². The Morgan fingerprint density at radius 1 is 1.11 bits per heavy atom. The van der Waals surface area contributed by atoms with Gasteiger partial charge in [0.1, 0.15) is 6.04 Å². The van der Waals surface area contributed by atoms with Crippen LogP contribution >= 0.6 is 0 Å². The van der Waals surface area contributed by atoms with Crippen molar-refractivity contribution in [1.29, 1.82) is 0 Å². The molecule has 3 rings (SSSR count). The summed E-state index contributed by atoms with van der Waals surface area (Å²) in [7, 11) is 2.10. The lowest BCUT2D eigenvalue weighted by molar-refractivity contribution is -0.142. The fraction of sp³-hybridized carbons (Fsp3) is 0.652. The molecule has 1 aromatic carbocycles. The second-order valence-corrected chi connectivity index (χ2v) is 8.39. The normalized spacial score (nSPS) is 20.5. The van der Waals surface area contributed by atoms with E-state index in [4.69, 9.17) is 0 Å². The SMILES string of the molecule is CCN(C)Cc1cccc(CNC(=O)C2CCCN2C(=O)C2CCCCC2)c1. The molecule has 0 aromatic heterocycles. The number of carbonyl (C=O) groups is 2. The van der Waals surface area contributed by atoms with Gasteiger partial charge in [-0.1, -0.05) is 50.5 Å². The Bertz CT molecular complexity index is 670. The van der Waals surface area contributed by atoms with E-state index >= 15 is 0 Å². The Morgan fingerprint density at radius 2 is 1.86 bits per heavy atom. The number of hydrogen-bond donors (Lipinski definition) is 1. The summed E-state index contributed by atoms with van der Waals surface area (Å²) in [4.78, 5) is 29.8. The van der Waals surface area contributed by atoms with Crippen molar-refractivity contribution in [2.24, 2.45) is 5.92 Å². The number of likely N-dealkylation sites (tertiary alicyclic amines) is 1. The van der Waals surface area contributed by atoms with E-state index < -0.39 is 0 Å². The minimum atomic E-state index is -0.288. The number of hydrogen-bond acceptors (Lipinski definition) is 3. The number of benzene rings is 1. The van der Waals surface area contributed by atoms with Gasteiger partial charge in [-0.2, -0.15) is 0 Å². The molecule has 1 atom stereocenters. The molecule has 1 saturated heterocycles. The third-order valence-electron chi connectivity index (χ3n) is 6.24. The lowest BCUT2D eigenvalue weighted by Gasteiger charge is -2.30. The number of rotatable bonds is 7. The Kier molecular flexibility index (Phi) is 7.49. The van der Waals surface area contributed by atoms with Crippen LogP contribution in [-0.4, -0.2) is 47.8 Å². The van der Waals surface area contributed by atoms with Gasteiger partial charge in [0.2, 0.25) is 11.8 Å². The molecule has 1 unspecified atom stereocenters. The monoisotopic (exact) mass is 385 g/mol. The highest BCUT2D eigenvalue weighted by atomic mass is 16.2. The van der Waals surface area contributed by atoms with Crippen LogP contribution in [0.25, 0.3) is 0 Å². The van der Waals surface area contributed by atoms with Crippen LogP contribution < -0.4 is 5.32 Å². The predicted octanol–water partition coefficient (Wildman–Crippen LogP) is 3.33. The van der Waals surface area contributed by atoms with Gasteiger partial charge in [0.05, 0.1) is 0 Å². The molecule has 2 amide bonds. The molecule has 1 N–H and O–H groups in total. The van der Waals surface area contributed by atoms with Gasteiger partial charge < -0.3 is 15.1 Å². The van der Waals surface area contributed by atoms with Crippen molar-refractivity contribution in [1.82, 2.24) is 15.1 Å². The van der Waals surface area contributed by atoms with E-state index in [0.29, 0.717) is 6.54 Å². The molecule has 2 fully saturated rings. The molecule has 1 heterocycles. The van der Waals surface area contributed by atoms with E-state index in [1.54, 1.807) is 0 Å². The molecule has 1 saturated carbocycles. The van der Waals surface area contributed by atoms with Gasteiger partial charge in [-0.05, 0) is 50.4 Å². The minimum Gasteiger partial charge on any atom is -0.350 e. The summed E-state index contributed by atoms with van der Waals surface area (Å²) in [5.74, 6) is 0.342. The van der Waals surface area contributed by atoms with E-state index in [9.17, 15) is 9.59 Å². The molecule has 28 heavy (non-hydrogen) atoms. The smallest absolute Gasteiger partial charge is 0.243 e. The van der Waals surface area contributed by atoms with Gasteiger partial charge in [-0.3, -0.25) is 9.59 Å². The average molecular weight is 386 g/mol. The highest BCUT2D eigenvalue weighted by Crippen LogP contribution is 2.28. The summed E-state index contributed by atoms with van der Waals surface area (Å²) in [6, 6.07) is 8.10. The average Bonchev–Trinajstić information content (AvgIpc) is 3.22. The summed E-state index contributed by atoms with van der Waals surface area (Å²) >= 11 is 0. The summed E-state index contributed by atoms with van der Waals surface area (Å²) in [6.45, 7) is 5.31. The molecule has 0 bridgehead atoms. The Balaban J connectivity index is 1.55. The first kappa shape index (κ1) is 20.8. The van der Waals surface area contributed by atoms with Crippen LogP contribution in [0.1, 0.15) is 63.0 Å². The van der Waals surface area contributed by atoms with Crippen molar-refractivity contribution >= 4 is 11.8 Å². The summed E-state index contributed by atoms with van der Waals surface area (Å²) in [5, 5.41) is 3.08. The topological polar surface area (TPSA) is 52.7 Å². The Hall–Kier alpha value is -1.88. The first-order valence-electron chi connectivity index (χ1n) is 10.9. The van der Waals surface area contributed by atoms with Gasteiger partial charge in [0.15, 0.2) is 0 Å². The summed E-state index contributed by atoms with van der Waals surface area (Å²) in [5.41, 5.74) is 2.37. The largest absolute Gasteiger partial charge is 0.350 e. The van der Waals surface area contributed by atoms with Gasteiger partial charge in [-0.15, -0.1) is 0 Å². The third kappa shape index (κ3) is 5.34. The van der Waals surface area contributed by atoms with Crippen LogP contribution in [-0.2, 0) is 22.7 Å². The minimum absolute atomic E-state index is 0.00209. The Morgan fingerprint density at radius 3 is 2.61 bits per heavy atom. The number of amides is 2. The lowest BCUT2D eigenvalue weighted by atomic mass is 9.88. The molecular formula is C23H35N3O2. The quantitative estimate of drug-likeness (QED) is 0.783. The van der Waals surface area contributed by atoms with E-state index in [1.165, 1.54) is 12.0 Å². The van der Waals surface area contributed by atoms with E-state index in [2.05, 4.69) is 48.5 Å². The lowest BCUT2D eigenvalue weighted by Crippen LogP contribution is -2.47. The number of nitrogens with one attached hydrogen (secondary N) is 1. The van der Waals surface area contributed by atoms with E-state index in [-0.39, 0.29) is 23.8 Å². The van der Waals surface area contributed by atoms with Crippen molar-refractivity contribution in [3.8, 4) is 0 Å². The van der Waals surface area contributed by atoms with Crippen molar-refractivity contribution in [2.45, 2.75) is 71.0 Å². The third-order valence-corrected chi connectivity index (χ3v) is 6.24. The van der Waals surface area contributed by atoms with Gasteiger partial charge in [0.25, 0.3) is 0 Å². The highest BCUT2D eigenvalue weighted by molar-refractivity contribution is 5.89. The molecular weight excluding hydrogens is 350 g/mol. The molecule has 5 nitrogen and oxygen atoms in total. The molecule has 1 aliphatic heterocycles. The molecule has 154 valence electrons. The van der Waals surface area contributed by atoms with E-state index in [0.717, 1.165) is 63.7 Å². The first-order chi connectivity index (χ1) is 13.6. The fourth-order valence-corrected chi connectivity index (χ4v) is 4.46. The van der Waals surface area contributed by atoms with Crippen molar-refractivity contribution in [3.63, 3.8) is 0 Å². The van der Waals surface area contributed by atoms with Gasteiger partial charge in [0, 0.05) is 25.6 Å². The Labute approximate surface area is 169 Å². The van der Waals surface area contributed by atoms with Gasteiger partial charge >= 0.3 is 0 Å². The molecule has 1 aromatic rings. The maximum absolute atomic E-state index is 12.9. The predicted molar refractivity (Wildman–Crippen MR) is 112 cm³/mol. The molecule has 0 spiro atoms. The van der Waals surface area contributed by atoms with Crippen LogP contribution in [0, 0.1) is 5.92 Å². The number of nitrogens with zero attached hydrogens (tertiary/aromatic N) is 2. The zero-order valence-electron chi connectivity index (χ0n) is 17.5. The van der Waals surface area contributed by atoms with Crippen molar-refractivity contribution < 1.29 is 9.59 Å². The highest BCUT2D eigenvalue weighted by Gasteiger charge is 2.37. The molecule has 1 aliphatic carbocycles. The fourth-order valence-electron chi connectivity index (χ4n) is 4.46. The maximum atomic E-state index is 12.9. The zero-order chi connectivity index (χ0) is 19.9. The molecule has 5 heteroatoms. The van der Waals surface area contributed by atoms with Crippen molar-refractivity contribution in [2.75, 3.05) is 20.1 Å². The molecule has 2 aliphatic rings. The van der Waals surface area contributed by atoms with Crippen LogP contribution in [0.5, 0.6) is 0 Å². The van der Waals surface area contributed by atoms with Gasteiger partial charge in [-0.25, -0.2) is 0 Å². The standard InChI is InChI=1S/C23H35N3O2/c1-3-25(2)17-19-10-7-9-18(15-19)16-24-22(27)21-13-8-14-26(21)23(28)20-11-5-4-6-12-20/h7,9-10,15,20-21H,3-6,8,11-14,16-17H2,1-2H3,(H,24,27). The van der Waals surface area contributed by atoms with E-state index in [1.807, 2.05) is 4.90 Å². The zero-order valence-corrected chi connectivity index (χ0v) is 17.5. The number of carbonyl (C=O) groups excluding carboxylic acids is 2. The van der Waals surface area contributed by atoms with Crippen molar-refractivity contribution in [3.05, 3.63) is 35.4 Å². The van der Waals surface area contributed by atoms with Crippen LogP contribution in [0.15, 0.2) is 24.3 Å². The second kappa shape index (κ2) is 10.1.